The number of aryl methyl sites for hydroxylation is 1. The van der Waals surface area contributed by atoms with Gasteiger partial charge in [0.05, 0.1) is 10.6 Å². The summed E-state index contributed by atoms with van der Waals surface area (Å²) < 4.78 is 0. The fourth-order valence-electron chi connectivity index (χ4n) is 2.46. The molecule has 3 rings (SSSR count). The average molecular weight is 353 g/mol. The topological polar surface area (TPSA) is 85.1 Å². The van der Waals surface area contributed by atoms with Gasteiger partial charge in [0.1, 0.15) is 5.56 Å². The number of nitrogens with zero attached hydrogens (tertiary/aromatic N) is 2. The number of nitro groups is 1. The molecule has 0 aliphatic heterocycles. The van der Waals surface area contributed by atoms with Crippen LogP contribution >= 0.6 is 11.3 Å². The highest BCUT2D eigenvalue weighted by molar-refractivity contribution is 7.16. The maximum Gasteiger partial charge on any atom is 0.282 e. The van der Waals surface area contributed by atoms with Crippen LogP contribution in [0.25, 0.3) is 11.3 Å². The summed E-state index contributed by atoms with van der Waals surface area (Å²) in [6, 6.07) is 15.6. The van der Waals surface area contributed by atoms with Crippen molar-refractivity contribution in [1.82, 2.24) is 4.98 Å². The molecule has 1 N–H and O–H groups in total. The first kappa shape index (κ1) is 16.8. The van der Waals surface area contributed by atoms with Gasteiger partial charge in [-0.25, -0.2) is 4.98 Å². The predicted molar refractivity (Wildman–Crippen MR) is 98.0 cm³/mol. The van der Waals surface area contributed by atoms with Gasteiger partial charge in [-0.1, -0.05) is 49.4 Å². The molecule has 7 heteroatoms. The van der Waals surface area contributed by atoms with Crippen molar-refractivity contribution in [2.45, 2.75) is 13.3 Å². The third-order valence-electron chi connectivity index (χ3n) is 3.63. The van der Waals surface area contributed by atoms with Crippen LogP contribution in [0.1, 0.15) is 22.2 Å². The van der Waals surface area contributed by atoms with Crippen LogP contribution in [0.4, 0.5) is 10.8 Å². The van der Waals surface area contributed by atoms with Gasteiger partial charge in [0.2, 0.25) is 0 Å². The van der Waals surface area contributed by atoms with E-state index < -0.39 is 10.8 Å². The second-order valence-corrected chi connectivity index (χ2v) is 6.32. The standard InChI is InChI=1S/C18H15N3O3S/c1-2-15-16(12-8-4-3-5-9-12)19-18(25-15)20-17(22)13-10-6-7-11-14(13)21(23)24/h3-11H,2H2,1H3,(H,19,20,22). The molecule has 0 radical (unpaired) electrons. The smallest absolute Gasteiger partial charge is 0.282 e. The van der Waals surface area contributed by atoms with E-state index in [1.807, 2.05) is 37.3 Å². The van der Waals surface area contributed by atoms with Crippen molar-refractivity contribution in [3.63, 3.8) is 0 Å². The summed E-state index contributed by atoms with van der Waals surface area (Å²) in [7, 11) is 0. The fraction of sp³-hybridized carbons (Fsp3) is 0.111. The Kier molecular flexibility index (Phi) is 4.85. The Hall–Kier alpha value is -3.06. The van der Waals surface area contributed by atoms with Crippen LogP contribution in [0.2, 0.25) is 0 Å². The monoisotopic (exact) mass is 353 g/mol. The molecule has 3 aromatic rings. The number of amides is 1. The van der Waals surface area contributed by atoms with Crippen LogP contribution in [0, 0.1) is 10.1 Å². The normalized spacial score (nSPS) is 10.4. The van der Waals surface area contributed by atoms with Gasteiger partial charge < -0.3 is 0 Å². The first-order valence-corrected chi connectivity index (χ1v) is 8.51. The summed E-state index contributed by atoms with van der Waals surface area (Å²) in [5, 5.41) is 14.2. The summed E-state index contributed by atoms with van der Waals surface area (Å²) in [6.45, 7) is 2.02. The minimum atomic E-state index is -0.566. The van der Waals surface area contributed by atoms with Gasteiger partial charge >= 0.3 is 0 Å². The number of carbonyl (C=O) groups excluding carboxylic acids is 1. The van der Waals surface area contributed by atoms with Crippen molar-refractivity contribution < 1.29 is 9.72 Å². The van der Waals surface area contributed by atoms with Gasteiger partial charge in [-0.2, -0.15) is 0 Å². The molecule has 0 atom stereocenters. The van der Waals surface area contributed by atoms with E-state index in [9.17, 15) is 14.9 Å². The number of hydrogen-bond acceptors (Lipinski definition) is 5. The Labute approximate surface area is 148 Å². The van der Waals surface area contributed by atoms with Crippen LogP contribution in [-0.2, 0) is 6.42 Å². The van der Waals surface area contributed by atoms with E-state index in [0.717, 1.165) is 22.6 Å². The summed E-state index contributed by atoms with van der Waals surface area (Å²) in [4.78, 5) is 28.5. The number of nitrogens with one attached hydrogen (secondary N) is 1. The van der Waals surface area contributed by atoms with Crippen LogP contribution < -0.4 is 5.32 Å². The van der Waals surface area contributed by atoms with E-state index in [4.69, 9.17) is 0 Å². The van der Waals surface area contributed by atoms with E-state index in [1.165, 1.54) is 29.5 Å². The maximum absolute atomic E-state index is 12.4. The third kappa shape index (κ3) is 3.56. The van der Waals surface area contributed by atoms with Gasteiger partial charge in [0, 0.05) is 16.5 Å². The van der Waals surface area contributed by atoms with E-state index >= 15 is 0 Å². The van der Waals surface area contributed by atoms with Crippen molar-refractivity contribution in [3.05, 3.63) is 75.2 Å². The Morgan fingerprint density at radius 1 is 1.16 bits per heavy atom. The summed E-state index contributed by atoms with van der Waals surface area (Å²) in [5.41, 5.74) is 1.59. The van der Waals surface area contributed by atoms with Crippen molar-refractivity contribution in [2.75, 3.05) is 5.32 Å². The van der Waals surface area contributed by atoms with Gasteiger partial charge in [-0.05, 0) is 12.5 Å². The number of nitro benzene ring substituents is 1. The average Bonchev–Trinajstić information content (AvgIpc) is 3.05. The van der Waals surface area contributed by atoms with Crippen molar-refractivity contribution in [1.29, 1.82) is 0 Å². The molecule has 6 nitrogen and oxygen atoms in total. The zero-order valence-electron chi connectivity index (χ0n) is 13.4. The number of hydrogen-bond donors (Lipinski definition) is 1. The Morgan fingerprint density at radius 3 is 2.52 bits per heavy atom. The second-order valence-electron chi connectivity index (χ2n) is 5.24. The van der Waals surface area contributed by atoms with E-state index in [1.54, 1.807) is 6.07 Å². The zero-order valence-corrected chi connectivity index (χ0v) is 14.2. The maximum atomic E-state index is 12.4. The lowest BCUT2D eigenvalue weighted by molar-refractivity contribution is -0.385. The number of benzene rings is 2. The fourth-order valence-corrected chi connectivity index (χ4v) is 3.37. The van der Waals surface area contributed by atoms with E-state index in [2.05, 4.69) is 10.3 Å². The molecule has 126 valence electrons. The van der Waals surface area contributed by atoms with Crippen LogP contribution in [-0.4, -0.2) is 15.8 Å². The minimum absolute atomic E-state index is 0.0157. The van der Waals surface area contributed by atoms with Gasteiger partial charge in [0.25, 0.3) is 11.6 Å². The second kappa shape index (κ2) is 7.23. The van der Waals surface area contributed by atoms with Gasteiger partial charge in [-0.15, -0.1) is 11.3 Å². The van der Waals surface area contributed by atoms with Gasteiger partial charge in [-0.3, -0.25) is 20.2 Å². The van der Waals surface area contributed by atoms with Crippen LogP contribution in [0.5, 0.6) is 0 Å². The van der Waals surface area contributed by atoms with Crippen LogP contribution in [0.3, 0.4) is 0 Å². The largest absolute Gasteiger partial charge is 0.298 e. The van der Waals surface area contributed by atoms with Crippen molar-refractivity contribution >= 4 is 28.1 Å². The molecule has 1 amide bonds. The zero-order chi connectivity index (χ0) is 17.8. The number of carbonyl (C=O) groups is 1. The molecule has 0 saturated heterocycles. The van der Waals surface area contributed by atoms with Crippen molar-refractivity contribution in [2.24, 2.45) is 0 Å². The SMILES string of the molecule is CCc1sc(NC(=O)c2ccccc2[N+](=O)[O-])nc1-c1ccccc1. The molecule has 0 aliphatic carbocycles. The number of thiazole rings is 1. The van der Waals surface area contributed by atoms with E-state index in [-0.39, 0.29) is 11.3 Å². The highest BCUT2D eigenvalue weighted by Gasteiger charge is 2.21. The quantitative estimate of drug-likeness (QED) is 0.539. The molecular weight excluding hydrogens is 338 g/mol. The molecule has 0 aliphatic rings. The highest BCUT2D eigenvalue weighted by Crippen LogP contribution is 2.32. The van der Waals surface area contributed by atoms with E-state index in [0.29, 0.717) is 5.13 Å². The first-order chi connectivity index (χ1) is 12.1. The lowest BCUT2D eigenvalue weighted by atomic mass is 10.1. The molecule has 1 heterocycles. The molecule has 0 saturated carbocycles. The highest BCUT2D eigenvalue weighted by atomic mass is 32.1. The number of para-hydroxylation sites is 1. The molecule has 0 unspecified atom stereocenters. The summed E-state index contributed by atoms with van der Waals surface area (Å²) >= 11 is 1.38. The summed E-state index contributed by atoms with van der Waals surface area (Å²) in [6.07, 6.45) is 0.781. The molecule has 0 spiro atoms. The molecule has 2 aromatic carbocycles. The lowest BCUT2D eigenvalue weighted by Crippen LogP contribution is -2.13. The number of aromatic nitrogens is 1. The molecule has 25 heavy (non-hydrogen) atoms. The molecule has 1 aromatic heterocycles. The molecule has 0 fully saturated rings. The Bertz CT molecular complexity index is 922. The Balaban J connectivity index is 1.91. The summed E-state index contributed by atoms with van der Waals surface area (Å²) in [5.74, 6) is -0.539. The van der Waals surface area contributed by atoms with Crippen molar-refractivity contribution in [3.8, 4) is 11.3 Å². The molecule has 0 bridgehead atoms. The van der Waals surface area contributed by atoms with Crippen LogP contribution in [0.15, 0.2) is 54.6 Å². The third-order valence-corrected chi connectivity index (χ3v) is 4.75. The number of rotatable bonds is 5. The first-order valence-electron chi connectivity index (χ1n) is 7.70. The lowest BCUT2D eigenvalue weighted by Gasteiger charge is -2.02. The molecular formula is C18H15N3O3S. The minimum Gasteiger partial charge on any atom is -0.298 e. The predicted octanol–water partition coefficient (Wildman–Crippen LogP) is 4.53. The van der Waals surface area contributed by atoms with Gasteiger partial charge in [0.15, 0.2) is 5.13 Å². The number of anilines is 1. The Morgan fingerprint density at radius 2 is 1.84 bits per heavy atom.